The zero-order valence-electron chi connectivity index (χ0n) is 6.70. The average molecular weight is 193 g/mol. The second kappa shape index (κ2) is 2.81. The number of aromatic carboxylic acids is 1. The van der Waals surface area contributed by atoms with Crippen LogP contribution in [0.4, 0.5) is 5.69 Å². The van der Waals surface area contributed by atoms with Crippen molar-refractivity contribution in [1.29, 1.82) is 0 Å². The lowest BCUT2D eigenvalue weighted by Gasteiger charge is -1.99. The van der Waals surface area contributed by atoms with Gasteiger partial charge >= 0.3 is 5.97 Å². The molecule has 2 rings (SSSR count). The number of anilines is 1. The van der Waals surface area contributed by atoms with Crippen molar-refractivity contribution in [2.45, 2.75) is 6.42 Å². The summed E-state index contributed by atoms with van der Waals surface area (Å²) in [6, 6.07) is 4.98. The van der Waals surface area contributed by atoms with Crippen molar-refractivity contribution in [3.8, 4) is 0 Å². The summed E-state index contributed by atoms with van der Waals surface area (Å²) >= 11 is 4.97. The van der Waals surface area contributed by atoms with Gasteiger partial charge in [0.1, 0.15) is 0 Å². The zero-order valence-corrected chi connectivity index (χ0v) is 7.52. The second-order valence-corrected chi connectivity index (χ2v) is 3.39. The minimum Gasteiger partial charge on any atom is -0.478 e. The van der Waals surface area contributed by atoms with Crippen LogP contribution in [0.2, 0.25) is 0 Å². The van der Waals surface area contributed by atoms with E-state index in [1.165, 1.54) is 0 Å². The molecule has 0 radical (unpaired) electrons. The van der Waals surface area contributed by atoms with Gasteiger partial charge < -0.3 is 10.4 Å². The molecule has 66 valence electrons. The fraction of sp³-hybridized carbons (Fsp3) is 0.111. The van der Waals surface area contributed by atoms with Gasteiger partial charge in [0, 0.05) is 12.1 Å². The van der Waals surface area contributed by atoms with Crippen LogP contribution >= 0.6 is 12.2 Å². The Labute approximate surface area is 80.4 Å². The van der Waals surface area contributed by atoms with Crippen LogP contribution < -0.4 is 5.32 Å². The molecular formula is C9H7NO2S. The van der Waals surface area contributed by atoms with Crippen molar-refractivity contribution in [2.75, 3.05) is 5.32 Å². The monoisotopic (exact) mass is 193 g/mol. The molecule has 0 saturated heterocycles. The lowest BCUT2D eigenvalue weighted by molar-refractivity contribution is 0.0697. The van der Waals surface area contributed by atoms with Crippen LogP contribution in [0.25, 0.3) is 0 Å². The molecule has 1 aliphatic rings. The highest BCUT2D eigenvalue weighted by atomic mass is 32.1. The third kappa shape index (κ3) is 1.40. The van der Waals surface area contributed by atoms with Crippen LogP contribution in [0.15, 0.2) is 18.2 Å². The maximum atomic E-state index is 10.6. The Hall–Kier alpha value is -1.42. The number of nitrogens with one attached hydrogen (secondary N) is 1. The van der Waals surface area contributed by atoms with Crippen LogP contribution in [0, 0.1) is 0 Å². The van der Waals surface area contributed by atoms with Gasteiger partial charge in [-0.15, -0.1) is 0 Å². The van der Waals surface area contributed by atoms with Gasteiger partial charge in [-0.3, -0.25) is 0 Å². The Kier molecular flexibility index (Phi) is 1.77. The van der Waals surface area contributed by atoms with Gasteiger partial charge in [0.05, 0.1) is 10.6 Å². The van der Waals surface area contributed by atoms with Gasteiger partial charge in [0.25, 0.3) is 0 Å². The molecule has 2 N–H and O–H groups in total. The largest absolute Gasteiger partial charge is 0.478 e. The maximum absolute atomic E-state index is 10.6. The predicted molar refractivity (Wildman–Crippen MR) is 53.3 cm³/mol. The smallest absolute Gasteiger partial charge is 0.335 e. The van der Waals surface area contributed by atoms with Crippen LogP contribution in [0.1, 0.15) is 15.9 Å². The summed E-state index contributed by atoms with van der Waals surface area (Å²) in [5.41, 5.74) is 2.20. The SMILES string of the molecule is O=C(O)c1ccc2c(c1)CC(=S)N2. The Morgan fingerprint density at radius 3 is 3.00 bits per heavy atom. The van der Waals surface area contributed by atoms with Crippen molar-refractivity contribution in [3.63, 3.8) is 0 Å². The molecular weight excluding hydrogens is 186 g/mol. The minimum atomic E-state index is -0.902. The topological polar surface area (TPSA) is 49.3 Å². The number of fused-ring (bicyclic) bond motifs is 1. The number of carboxylic acid groups (broad SMARTS) is 1. The van der Waals surface area contributed by atoms with E-state index in [9.17, 15) is 4.79 Å². The molecule has 0 amide bonds. The summed E-state index contributed by atoms with van der Waals surface area (Å²) < 4.78 is 0. The second-order valence-electron chi connectivity index (χ2n) is 2.90. The highest BCUT2D eigenvalue weighted by Crippen LogP contribution is 2.24. The summed E-state index contributed by atoms with van der Waals surface area (Å²) in [5.74, 6) is -0.902. The fourth-order valence-corrected chi connectivity index (χ4v) is 1.63. The summed E-state index contributed by atoms with van der Waals surface area (Å²) in [6.45, 7) is 0. The molecule has 0 saturated carbocycles. The van der Waals surface area contributed by atoms with Crippen molar-refractivity contribution < 1.29 is 9.90 Å². The van der Waals surface area contributed by atoms with Crippen molar-refractivity contribution in [1.82, 2.24) is 0 Å². The Morgan fingerprint density at radius 2 is 2.31 bits per heavy atom. The van der Waals surface area contributed by atoms with Gasteiger partial charge in [-0.1, -0.05) is 12.2 Å². The number of rotatable bonds is 1. The lowest BCUT2D eigenvalue weighted by Crippen LogP contribution is -2.00. The predicted octanol–water partition coefficient (Wildman–Crippen LogP) is 1.68. The molecule has 1 heterocycles. The van der Waals surface area contributed by atoms with Crippen LogP contribution in [0.5, 0.6) is 0 Å². The quantitative estimate of drug-likeness (QED) is 0.666. The molecule has 4 heteroatoms. The summed E-state index contributed by atoms with van der Waals surface area (Å²) in [5, 5.41) is 11.7. The molecule has 1 aliphatic heterocycles. The number of benzene rings is 1. The van der Waals surface area contributed by atoms with E-state index in [2.05, 4.69) is 5.32 Å². The van der Waals surface area contributed by atoms with E-state index in [1.807, 2.05) is 0 Å². The van der Waals surface area contributed by atoms with Crippen LogP contribution in [0.3, 0.4) is 0 Å². The lowest BCUT2D eigenvalue weighted by atomic mass is 10.1. The van der Waals surface area contributed by atoms with Gasteiger partial charge in [0.2, 0.25) is 0 Å². The highest BCUT2D eigenvalue weighted by molar-refractivity contribution is 7.80. The van der Waals surface area contributed by atoms with Gasteiger partial charge in [-0.2, -0.15) is 0 Å². The van der Waals surface area contributed by atoms with E-state index in [0.717, 1.165) is 16.2 Å². The number of carbonyl (C=O) groups is 1. The van der Waals surface area contributed by atoms with Gasteiger partial charge in [-0.25, -0.2) is 4.79 Å². The number of carboxylic acids is 1. The minimum absolute atomic E-state index is 0.310. The maximum Gasteiger partial charge on any atom is 0.335 e. The average Bonchev–Trinajstić information content (AvgIpc) is 2.42. The van der Waals surface area contributed by atoms with E-state index >= 15 is 0 Å². The van der Waals surface area contributed by atoms with E-state index in [1.54, 1.807) is 18.2 Å². The van der Waals surface area contributed by atoms with E-state index in [4.69, 9.17) is 17.3 Å². The molecule has 0 aliphatic carbocycles. The molecule has 0 aromatic heterocycles. The molecule has 0 unspecified atom stereocenters. The first-order valence-corrected chi connectivity index (χ1v) is 4.24. The highest BCUT2D eigenvalue weighted by Gasteiger charge is 2.15. The fourth-order valence-electron chi connectivity index (χ4n) is 1.36. The van der Waals surface area contributed by atoms with Crippen LogP contribution in [-0.4, -0.2) is 16.1 Å². The summed E-state index contributed by atoms with van der Waals surface area (Å²) in [6.07, 6.45) is 0.645. The molecule has 13 heavy (non-hydrogen) atoms. The molecule has 1 aromatic carbocycles. The summed E-state index contributed by atoms with van der Waals surface area (Å²) in [4.78, 5) is 11.4. The number of hydrogen-bond donors (Lipinski definition) is 2. The third-order valence-corrected chi connectivity index (χ3v) is 2.22. The Morgan fingerprint density at radius 1 is 1.54 bits per heavy atom. The molecule has 1 aromatic rings. The first kappa shape index (κ1) is 8.19. The Bertz CT molecular complexity index is 401. The van der Waals surface area contributed by atoms with E-state index < -0.39 is 5.97 Å². The van der Waals surface area contributed by atoms with Crippen molar-refractivity contribution in [2.24, 2.45) is 0 Å². The number of hydrogen-bond acceptors (Lipinski definition) is 2. The standard InChI is InChI=1S/C9H7NO2S/c11-9(12)5-1-2-7-6(3-5)4-8(13)10-7/h1-3H,4H2,(H,10,13)(H,11,12). The van der Waals surface area contributed by atoms with Crippen LogP contribution in [-0.2, 0) is 6.42 Å². The summed E-state index contributed by atoms with van der Waals surface area (Å²) in [7, 11) is 0. The van der Waals surface area contributed by atoms with Gasteiger partial charge in [-0.05, 0) is 23.8 Å². The number of thiocarbonyl (C=S) groups is 1. The molecule has 3 nitrogen and oxygen atoms in total. The van der Waals surface area contributed by atoms with E-state index in [-0.39, 0.29) is 0 Å². The first-order valence-electron chi connectivity index (χ1n) is 3.83. The molecule has 0 fully saturated rings. The molecule has 0 bridgehead atoms. The van der Waals surface area contributed by atoms with Crippen molar-refractivity contribution >= 4 is 28.9 Å². The molecule has 0 spiro atoms. The first-order chi connectivity index (χ1) is 6.16. The third-order valence-electron chi connectivity index (χ3n) is 1.98. The molecule has 0 atom stereocenters. The zero-order chi connectivity index (χ0) is 9.42. The van der Waals surface area contributed by atoms with Gasteiger partial charge in [0.15, 0.2) is 0 Å². The van der Waals surface area contributed by atoms with Crippen molar-refractivity contribution in [3.05, 3.63) is 29.3 Å². The van der Waals surface area contributed by atoms with E-state index in [0.29, 0.717) is 12.0 Å². The normalized spacial score (nSPS) is 13.7. The Balaban J connectivity index is 2.45.